The molecule has 0 bridgehead atoms. The minimum Gasteiger partial charge on any atom is -0.493 e. The van der Waals surface area contributed by atoms with E-state index < -0.39 is 17.8 Å². The van der Waals surface area contributed by atoms with Crippen LogP contribution in [0.1, 0.15) is 55.9 Å². The van der Waals surface area contributed by atoms with Crippen molar-refractivity contribution in [3.63, 3.8) is 0 Å². The maximum atomic E-state index is 12.9. The summed E-state index contributed by atoms with van der Waals surface area (Å²) in [5.74, 6) is -2.71. The molecule has 1 aliphatic heterocycles. The van der Waals surface area contributed by atoms with Gasteiger partial charge >= 0.3 is 11.9 Å². The van der Waals surface area contributed by atoms with Gasteiger partial charge in [0.25, 0.3) is 5.91 Å². The SMILES string of the molecule is CCNC(=O)c1c(C(=O)O)cc(OC)c(OC(=O)c2ccccc2)c1C1CCOC1. The van der Waals surface area contributed by atoms with E-state index in [0.717, 1.165) is 0 Å². The van der Waals surface area contributed by atoms with Crippen LogP contribution in [0.5, 0.6) is 11.5 Å². The van der Waals surface area contributed by atoms with Gasteiger partial charge in [-0.2, -0.15) is 0 Å². The number of benzene rings is 2. The molecule has 1 fully saturated rings. The zero-order valence-corrected chi connectivity index (χ0v) is 16.8. The van der Waals surface area contributed by atoms with Gasteiger partial charge in [0, 0.05) is 24.6 Å². The van der Waals surface area contributed by atoms with Crippen LogP contribution in [0.25, 0.3) is 0 Å². The summed E-state index contributed by atoms with van der Waals surface area (Å²) < 4.78 is 16.5. The Labute approximate surface area is 173 Å². The van der Waals surface area contributed by atoms with Crippen molar-refractivity contribution in [2.24, 2.45) is 0 Å². The number of methoxy groups -OCH3 is 1. The fourth-order valence-corrected chi connectivity index (χ4v) is 3.46. The number of carbonyl (C=O) groups excluding carboxylic acids is 2. The van der Waals surface area contributed by atoms with Crippen molar-refractivity contribution in [1.82, 2.24) is 5.32 Å². The highest BCUT2D eigenvalue weighted by Crippen LogP contribution is 2.43. The third kappa shape index (κ3) is 4.28. The topological polar surface area (TPSA) is 111 Å². The van der Waals surface area contributed by atoms with E-state index in [1.165, 1.54) is 13.2 Å². The zero-order valence-electron chi connectivity index (χ0n) is 16.8. The second-order valence-corrected chi connectivity index (χ2v) is 6.72. The molecule has 158 valence electrons. The van der Waals surface area contributed by atoms with E-state index in [0.29, 0.717) is 30.7 Å². The van der Waals surface area contributed by atoms with Crippen molar-refractivity contribution in [3.8, 4) is 11.5 Å². The highest BCUT2D eigenvalue weighted by Gasteiger charge is 2.34. The van der Waals surface area contributed by atoms with Crippen molar-refractivity contribution in [3.05, 3.63) is 58.7 Å². The molecule has 1 amide bonds. The number of hydrogen-bond acceptors (Lipinski definition) is 6. The highest BCUT2D eigenvalue weighted by molar-refractivity contribution is 6.07. The summed E-state index contributed by atoms with van der Waals surface area (Å²) >= 11 is 0. The first-order valence-corrected chi connectivity index (χ1v) is 9.59. The minimum absolute atomic E-state index is 0.0353. The van der Waals surface area contributed by atoms with Gasteiger partial charge in [-0.1, -0.05) is 18.2 Å². The van der Waals surface area contributed by atoms with Gasteiger partial charge in [-0.15, -0.1) is 0 Å². The molecular formula is C22H23NO7. The number of amides is 1. The molecule has 1 saturated heterocycles. The number of esters is 1. The van der Waals surface area contributed by atoms with Gasteiger partial charge in [0.1, 0.15) is 0 Å². The van der Waals surface area contributed by atoms with Crippen LogP contribution in [0.4, 0.5) is 0 Å². The second-order valence-electron chi connectivity index (χ2n) is 6.72. The summed E-state index contributed by atoms with van der Waals surface area (Å²) in [4.78, 5) is 37.6. The monoisotopic (exact) mass is 413 g/mol. The van der Waals surface area contributed by atoms with Crippen LogP contribution in [-0.2, 0) is 4.74 Å². The normalized spacial score (nSPS) is 15.5. The third-order valence-corrected chi connectivity index (χ3v) is 4.84. The van der Waals surface area contributed by atoms with Crippen LogP contribution in [-0.4, -0.2) is 49.8 Å². The summed E-state index contributed by atoms with van der Waals surface area (Å²) in [5.41, 5.74) is 0.352. The van der Waals surface area contributed by atoms with Crippen LogP contribution in [0.15, 0.2) is 36.4 Å². The molecule has 0 aromatic heterocycles. The first-order chi connectivity index (χ1) is 14.5. The first kappa shape index (κ1) is 21.3. The highest BCUT2D eigenvalue weighted by atomic mass is 16.6. The van der Waals surface area contributed by atoms with Crippen molar-refractivity contribution < 1.29 is 33.7 Å². The van der Waals surface area contributed by atoms with Gasteiger partial charge in [0.2, 0.25) is 0 Å². The molecule has 2 aromatic rings. The average Bonchev–Trinajstić information content (AvgIpc) is 3.28. The molecule has 1 heterocycles. The lowest BCUT2D eigenvalue weighted by atomic mass is 9.88. The number of ether oxygens (including phenoxy) is 3. The summed E-state index contributed by atoms with van der Waals surface area (Å²) in [5, 5.41) is 12.4. The van der Waals surface area contributed by atoms with Crippen LogP contribution in [0, 0.1) is 0 Å². The molecular weight excluding hydrogens is 390 g/mol. The lowest BCUT2D eigenvalue weighted by molar-refractivity contribution is 0.0690. The Morgan fingerprint density at radius 3 is 2.53 bits per heavy atom. The van der Waals surface area contributed by atoms with Gasteiger partial charge in [-0.05, 0) is 31.5 Å². The molecule has 3 rings (SSSR count). The number of carboxylic acids is 1. The minimum atomic E-state index is -1.28. The molecule has 1 unspecified atom stereocenters. The third-order valence-electron chi connectivity index (χ3n) is 4.84. The molecule has 30 heavy (non-hydrogen) atoms. The van der Waals surface area contributed by atoms with Crippen LogP contribution >= 0.6 is 0 Å². The van der Waals surface area contributed by atoms with E-state index in [1.54, 1.807) is 37.3 Å². The summed E-state index contributed by atoms with van der Waals surface area (Å²) in [6, 6.07) is 9.58. The lowest BCUT2D eigenvalue weighted by Crippen LogP contribution is -2.28. The maximum Gasteiger partial charge on any atom is 0.343 e. The van der Waals surface area contributed by atoms with Gasteiger partial charge < -0.3 is 24.6 Å². The number of rotatable bonds is 7. The summed E-state index contributed by atoms with van der Waals surface area (Å²) in [7, 11) is 1.35. The van der Waals surface area contributed by atoms with Crippen molar-refractivity contribution >= 4 is 17.8 Å². The molecule has 8 heteroatoms. The molecule has 0 aliphatic carbocycles. The zero-order chi connectivity index (χ0) is 21.7. The molecule has 2 N–H and O–H groups in total. The maximum absolute atomic E-state index is 12.9. The predicted octanol–water partition coefficient (Wildman–Crippen LogP) is 2.87. The van der Waals surface area contributed by atoms with E-state index in [1.807, 2.05) is 0 Å². The van der Waals surface area contributed by atoms with E-state index in [4.69, 9.17) is 14.2 Å². The quantitative estimate of drug-likeness (QED) is 0.530. The Kier molecular flexibility index (Phi) is 6.68. The molecule has 1 aliphatic rings. The second kappa shape index (κ2) is 9.41. The van der Waals surface area contributed by atoms with Crippen LogP contribution in [0.2, 0.25) is 0 Å². The first-order valence-electron chi connectivity index (χ1n) is 9.59. The molecule has 1 atom stereocenters. The van der Waals surface area contributed by atoms with Gasteiger partial charge in [0.15, 0.2) is 11.5 Å². The van der Waals surface area contributed by atoms with E-state index in [9.17, 15) is 19.5 Å². The van der Waals surface area contributed by atoms with Gasteiger partial charge in [-0.25, -0.2) is 9.59 Å². The van der Waals surface area contributed by atoms with Gasteiger partial charge in [-0.3, -0.25) is 4.79 Å². The molecule has 0 saturated carbocycles. The fourth-order valence-electron chi connectivity index (χ4n) is 3.46. The van der Waals surface area contributed by atoms with Crippen molar-refractivity contribution in [1.29, 1.82) is 0 Å². The van der Waals surface area contributed by atoms with E-state index in [-0.39, 0.29) is 35.2 Å². The molecule has 0 spiro atoms. The summed E-state index contributed by atoms with van der Waals surface area (Å²) in [6.07, 6.45) is 0.550. The Morgan fingerprint density at radius 1 is 1.23 bits per heavy atom. The fraction of sp³-hybridized carbons (Fsp3) is 0.318. The Balaban J connectivity index is 2.22. The van der Waals surface area contributed by atoms with E-state index >= 15 is 0 Å². The Bertz CT molecular complexity index is 950. The van der Waals surface area contributed by atoms with Crippen molar-refractivity contribution in [2.45, 2.75) is 19.3 Å². The number of carboxylic acid groups (broad SMARTS) is 1. The number of nitrogens with one attached hydrogen (secondary N) is 1. The average molecular weight is 413 g/mol. The van der Waals surface area contributed by atoms with Crippen LogP contribution < -0.4 is 14.8 Å². The molecule has 0 radical (unpaired) electrons. The standard InChI is InChI=1S/C22H23NO7/c1-3-23-20(24)18-15(21(25)26)11-16(28-2)19(17(18)14-9-10-29-12-14)30-22(27)13-7-5-4-6-8-13/h4-8,11,14H,3,9-10,12H2,1-2H3,(H,23,24)(H,25,26). The van der Waals surface area contributed by atoms with E-state index in [2.05, 4.69) is 5.32 Å². The lowest BCUT2D eigenvalue weighted by Gasteiger charge is -2.22. The Morgan fingerprint density at radius 2 is 1.97 bits per heavy atom. The smallest absolute Gasteiger partial charge is 0.343 e. The van der Waals surface area contributed by atoms with Gasteiger partial charge in [0.05, 0.1) is 30.4 Å². The van der Waals surface area contributed by atoms with Crippen LogP contribution in [0.3, 0.4) is 0 Å². The number of hydrogen-bond donors (Lipinski definition) is 2. The predicted molar refractivity (Wildman–Crippen MR) is 108 cm³/mol. The Hall–Kier alpha value is -3.39. The largest absolute Gasteiger partial charge is 0.493 e. The molecule has 8 nitrogen and oxygen atoms in total. The summed E-state index contributed by atoms with van der Waals surface area (Å²) in [6.45, 7) is 2.76. The van der Waals surface area contributed by atoms with Crippen molar-refractivity contribution in [2.75, 3.05) is 26.9 Å². The number of carbonyl (C=O) groups is 3. The molecule has 2 aromatic carbocycles. The number of aromatic carboxylic acids is 1.